The Bertz CT molecular complexity index is 1220. The maximum Gasteiger partial charge on any atom is 0.337 e. The van der Waals surface area contributed by atoms with Gasteiger partial charge in [0.15, 0.2) is 17.1 Å². The van der Waals surface area contributed by atoms with Crippen molar-refractivity contribution in [2.75, 3.05) is 28.4 Å². The van der Waals surface area contributed by atoms with Gasteiger partial charge in [-0.15, -0.1) is 0 Å². The monoisotopic (exact) mass is 419 g/mol. The topological polar surface area (TPSA) is 80.0 Å². The zero-order valence-corrected chi connectivity index (χ0v) is 17.6. The number of methoxy groups -OCH3 is 4. The molecule has 4 rings (SSSR count). The number of esters is 1. The summed E-state index contributed by atoms with van der Waals surface area (Å²) in [7, 11) is 6.05. The summed E-state index contributed by atoms with van der Waals surface area (Å²) in [6, 6.07) is 14.5. The third-order valence-corrected chi connectivity index (χ3v) is 4.98. The molecule has 158 valence electrons. The molecule has 7 nitrogen and oxygen atoms in total. The molecule has 0 amide bonds. The van der Waals surface area contributed by atoms with Crippen molar-refractivity contribution in [3.05, 3.63) is 60.3 Å². The lowest BCUT2D eigenvalue weighted by atomic mass is 10.0. The Balaban J connectivity index is 1.81. The van der Waals surface area contributed by atoms with Crippen molar-refractivity contribution in [2.24, 2.45) is 0 Å². The molecule has 0 spiro atoms. The molecule has 2 aromatic heterocycles. The number of aromatic nitrogens is 1. The number of benzene rings is 2. The second kappa shape index (κ2) is 8.39. The maximum absolute atomic E-state index is 11.7. The highest BCUT2D eigenvalue weighted by Gasteiger charge is 2.18. The number of pyridine rings is 1. The summed E-state index contributed by atoms with van der Waals surface area (Å²) in [5, 5.41) is 0. The van der Waals surface area contributed by atoms with Crippen LogP contribution in [0.4, 0.5) is 0 Å². The Morgan fingerprint density at radius 1 is 0.839 bits per heavy atom. The molecule has 2 heterocycles. The van der Waals surface area contributed by atoms with E-state index in [-0.39, 0.29) is 5.97 Å². The molecule has 2 aromatic carbocycles. The molecule has 0 unspecified atom stereocenters. The second-order valence-electron chi connectivity index (χ2n) is 6.67. The van der Waals surface area contributed by atoms with Gasteiger partial charge < -0.3 is 23.4 Å². The first kappa shape index (κ1) is 20.3. The number of fused-ring (bicyclic) bond motifs is 1. The van der Waals surface area contributed by atoms with Gasteiger partial charge in [0.1, 0.15) is 11.3 Å². The van der Waals surface area contributed by atoms with Gasteiger partial charge in [-0.25, -0.2) is 4.79 Å². The lowest BCUT2D eigenvalue weighted by molar-refractivity contribution is 0.0600. The summed E-state index contributed by atoms with van der Waals surface area (Å²) in [5.74, 6) is 1.80. The summed E-state index contributed by atoms with van der Waals surface area (Å²) in [6.45, 7) is 0. The number of nitrogens with zero attached hydrogens (tertiary/aromatic N) is 1. The van der Waals surface area contributed by atoms with Crippen LogP contribution in [0.3, 0.4) is 0 Å². The Kier molecular flexibility index (Phi) is 5.49. The molecular formula is C24H21NO6. The lowest BCUT2D eigenvalue weighted by Crippen LogP contribution is -2.00. The molecule has 0 aliphatic rings. The fraction of sp³-hybridized carbons (Fsp3) is 0.167. The van der Waals surface area contributed by atoms with Gasteiger partial charge in [0.25, 0.3) is 0 Å². The van der Waals surface area contributed by atoms with Crippen LogP contribution in [-0.4, -0.2) is 39.4 Å². The Morgan fingerprint density at radius 2 is 1.52 bits per heavy atom. The second-order valence-corrected chi connectivity index (χ2v) is 6.67. The van der Waals surface area contributed by atoms with E-state index < -0.39 is 0 Å². The molecule has 0 atom stereocenters. The third-order valence-electron chi connectivity index (χ3n) is 4.98. The molecule has 31 heavy (non-hydrogen) atoms. The van der Waals surface area contributed by atoms with Gasteiger partial charge in [-0.1, -0.05) is 12.1 Å². The number of carbonyl (C=O) groups is 1. The van der Waals surface area contributed by atoms with Gasteiger partial charge in [0.2, 0.25) is 5.75 Å². The average molecular weight is 419 g/mol. The van der Waals surface area contributed by atoms with Gasteiger partial charge in [-0.05, 0) is 35.9 Å². The van der Waals surface area contributed by atoms with E-state index in [9.17, 15) is 4.79 Å². The molecule has 0 aliphatic carbocycles. The van der Waals surface area contributed by atoms with E-state index in [1.807, 2.05) is 36.4 Å². The number of hydrogen-bond acceptors (Lipinski definition) is 7. The van der Waals surface area contributed by atoms with Crippen molar-refractivity contribution in [3.8, 4) is 39.7 Å². The van der Waals surface area contributed by atoms with E-state index in [0.29, 0.717) is 39.7 Å². The first-order valence-corrected chi connectivity index (χ1v) is 9.47. The predicted molar refractivity (Wildman–Crippen MR) is 116 cm³/mol. The highest BCUT2D eigenvalue weighted by atomic mass is 16.5. The normalized spacial score (nSPS) is 10.7. The van der Waals surface area contributed by atoms with E-state index in [1.165, 1.54) is 7.11 Å². The smallest absolute Gasteiger partial charge is 0.337 e. The number of ether oxygens (including phenoxy) is 4. The van der Waals surface area contributed by atoms with Crippen molar-refractivity contribution in [1.82, 2.24) is 4.98 Å². The number of carbonyl (C=O) groups excluding carboxylic acids is 1. The SMILES string of the molecule is COC(=O)c1ccc(-c2ccnc3cc(-c4cc(OC)c(OC)c(OC)c4)oc23)cc1. The summed E-state index contributed by atoms with van der Waals surface area (Å²) >= 11 is 0. The molecule has 0 bridgehead atoms. The quantitative estimate of drug-likeness (QED) is 0.408. The summed E-state index contributed by atoms with van der Waals surface area (Å²) < 4.78 is 27.3. The molecular weight excluding hydrogens is 398 g/mol. The number of hydrogen-bond donors (Lipinski definition) is 0. The van der Waals surface area contributed by atoms with Crippen molar-refractivity contribution >= 4 is 17.1 Å². The molecule has 0 saturated heterocycles. The van der Waals surface area contributed by atoms with Gasteiger partial charge in [-0.3, -0.25) is 4.98 Å². The number of furan rings is 1. The van der Waals surface area contributed by atoms with Crippen LogP contribution >= 0.6 is 0 Å². The van der Waals surface area contributed by atoms with Crippen molar-refractivity contribution in [2.45, 2.75) is 0 Å². The van der Waals surface area contributed by atoms with Crippen LogP contribution in [0.15, 0.2) is 59.1 Å². The maximum atomic E-state index is 11.7. The molecule has 0 N–H and O–H groups in total. The first-order chi connectivity index (χ1) is 15.1. The lowest BCUT2D eigenvalue weighted by Gasteiger charge is -2.13. The van der Waals surface area contributed by atoms with Crippen LogP contribution in [0.5, 0.6) is 17.2 Å². The molecule has 0 aliphatic heterocycles. The minimum Gasteiger partial charge on any atom is -0.493 e. The van der Waals surface area contributed by atoms with Crippen molar-refractivity contribution in [3.63, 3.8) is 0 Å². The van der Waals surface area contributed by atoms with Gasteiger partial charge >= 0.3 is 5.97 Å². The van der Waals surface area contributed by atoms with Crippen LogP contribution in [0.2, 0.25) is 0 Å². The zero-order valence-electron chi connectivity index (χ0n) is 17.6. The van der Waals surface area contributed by atoms with Crippen LogP contribution in [0, 0.1) is 0 Å². The van der Waals surface area contributed by atoms with E-state index in [1.54, 1.807) is 39.7 Å². The first-order valence-electron chi connectivity index (χ1n) is 9.47. The summed E-state index contributed by atoms with van der Waals surface area (Å²) in [5.41, 5.74) is 4.34. The summed E-state index contributed by atoms with van der Waals surface area (Å²) in [6.07, 6.45) is 1.72. The average Bonchev–Trinajstić information content (AvgIpc) is 3.27. The van der Waals surface area contributed by atoms with Crippen LogP contribution < -0.4 is 14.2 Å². The minimum absolute atomic E-state index is 0.380. The largest absolute Gasteiger partial charge is 0.493 e. The van der Waals surface area contributed by atoms with E-state index >= 15 is 0 Å². The molecule has 4 aromatic rings. The zero-order chi connectivity index (χ0) is 22.0. The molecule has 7 heteroatoms. The summed E-state index contributed by atoms with van der Waals surface area (Å²) in [4.78, 5) is 16.1. The minimum atomic E-state index is -0.380. The van der Waals surface area contributed by atoms with Crippen molar-refractivity contribution < 1.29 is 28.2 Å². The molecule has 0 fully saturated rings. The van der Waals surface area contributed by atoms with E-state index in [4.69, 9.17) is 23.4 Å². The van der Waals surface area contributed by atoms with Crippen molar-refractivity contribution in [1.29, 1.82) is 0 Å². The number of rotatable bonds is 6. The highest BCUT2D eigenvalue weighted by molar-refractivity contribution is 5.94. The Hall–Kier alpha value is -4.00. The molecule has 0 radical (unpaired) electrons. The Morgan fingerprint density at radius 3 is 2.10 bits per heavy atom. The standard InChI is InChI=1S/C24H21NO6/c1-27-20-11-16(12-21(28-2)23(20)29-3)19-13-18-22(31-19)17(9-10-25-18)14-5-7-15(8-6-14)24(26)30-4/h5-13H,1-4H3. The third kappa shape index (κ3) is 3.66. The predicted octanol–water partition coefficient (Wildman–Crippen LogP) is 4.97. The van der Waals surface area contributed by atoms with Gasteiger partial charge in [0, 0.05) is 23.4 Å². The van der Waals surface area contributed by atoms with Crippen LogP contribution in [0.1, 0.15) is 10.4 Å². The van der Waals surface area contributed by atoms with Crippen LogP contribution in [0.25, 0.3) is 33.6 Å². The highest BCUT2D eigenvalue weighted by Crippen LogP contribution is 2.42. The van der Waals surface area contributed by atoms with Gasteiger partial charge in [0.05, 0.1) is 34.0 Å². The van der Waals surface area contributed by atoms with Gasteiger partial charge in [-0.2, -0.15) is 0 Å². The fourth-order valence-corrected chi connectivity index (χ4v) is 3.43. The molecule has 0 saturated carbocycles. The van der Waals surface area contributed by atoms with Crippen LogP contribution in [-0.2, 0) is 4.74 Å². The fourth-order valence-electron chi connectivity index (χ4n) is 3.43. The van der Waals surface area contributed by atoms with E-state index in [2.05, 4.69) is 4.98 Å². The Labute approximate surface area is 179 Å². The van der Waals surface area contributed by atoms with E-state index in [0.717, 1.165) is 16.7 Å².